The summed E-state index contributed by atoms with van der Waals surface area (Å²) in [5.41, 5.74) is 1.15. The Morgan fingerprint density at radius 3 is 2.66 bits per heavy atom. The van der Waals surface area contributed by atoms with Crippen molar-refractivity contribution >= 4 is 5.91 Å². The van der Waals surface area contributed by atoms with Gasteiger partial charge < -0.3 is 14.4 Å². The van der Waals surface area contributed by atoms with Crippen LogP contribution in [0.2, 0.25) is 0 Å². The zero-order valence-electron chi connectivity index (χ0n) is 16.5. The van der Waals surface area contributed by atoms with Gasteiger partial charge in [0, 0.05) is 26.2 Å². The predicted molar refractivity (Wildman–Crippen MR) is 108 cm³/mol. The third-order valence-corrected chi connectivity index (χ3v) is 5.58. The van der Waals surface area contributed by atoms with Crippen LogP contribution in [0.5, 0.6) is 5.75 Å². The van der Waals surface area contributed by atoms with E-state index < -0.39 is 0 Å². The summed E-state index contributed by atoms with van der Waals surface area (Å²) in [5, 5.41) is 0. The lowest BCUT2D eigenvalue weighted by atomic mass is 10.1. The number of amides is 1. The van der Waals surface area contributed by atoms with Crippen molar-refractivity contribution in [3.8, 4) is 5.75 Å². The predicted octanol–water partition coefficient (Wildman–Crippen LogP) is 3.10. The highest BCUT2D eigenvalue weighted by atomic mass is 19.1. The molecule has 0 unspecified atom stereocenters. The van der Waals surface area contributed by atoms with E-state index in [4.69, 9.17) is 9.47 Å². The van der Waals surface area contributed by atoms with Crippen LogP contribution in [-0.2, 0) is 16.1 Å². The van der Waals surface area contributed by atoms with Crippen molar-refractivity contribution in [2.45, 2.75) is 31.5 Å². The van der Waals surface area contributed by atoms with E-state index in [0.29, 0.717) is 31.9 Å². The molecule has 6 heteroatoms. The lowest BCUT2D eigenvalue weighted by molar-refractivity contribution is -0.133. The number of carbonyl (C=O) groups is 1. The summed E-state index contributed by atoms with van der Waals surface area (Å²) in [6.07, 6.45) is 1.37. The van der Waals surface area contributed by atoms with Crippen LogP contribution in [0.15, 0.2) is 54.6 Å². The van der Waals surface area contributed by atoms with Gasteiger partial charge in [-0.15, -0.1) is 0 Å². The standard InChI is InChI=1S/C23H27FN2O3/c24-19-7-9-20(10-8-19)28-13-4-12-25-16-21-22(17-25)29-14-11-23(27)26(21)15-18-5-2-1-3-6-18/h1-3,5-10,21-22H,4,11-17H2/t21-,22-/m0/s1. The number of hydrogen-bond donors (Lipinski definition) is 0. The van der Waals surface area contributed by atoms with E-state index in [2.05, 4.69) is 17.0 Å². The zero-order chi connectivity index (χ0) is 20.1. The van der Waals surface area contributed by atoms with Crippen molar-refractivity contribution in [2.24, 2.45) is 0 Å². The van der Waals surface area contributed by atoms with Crippen LogP contribution in [0.1, 0.15) is 18.4 Å². The minimum atomic E-state index is -0.262. The largest absolute Gasteiger partial charge is 0.494 e. The van der Waals surface area contributed by atoms with Gasteiger partial charge in [0.1, 0.15) is 11.6 Å². The molecular weight excluding hydrogens is 371 g/mol. The van der Waals surface area contributed by atoms with E-state index in [1.807, 2.05) is 23.1 Å². The van der Waals surface area contributed by atoms with Crippen LogP contribution < -0.4 is 4.74 Å². The van der Waals surface area contributed by atoms with Crippen molar-refractivity contribution in [3.63, 3.8) is 0 Å². The number of likely N-dealkylation sites (tertiary alicyclic amines) is 1. The maximum Gasteiger partial charge on any atom is 0.225 e. The molecule has 0 spiro atoms. The van der Waals surface area contributed by atoms with Gasteiger partial charge in [-0.05, 0) is 36.2 Å². The van der Waals surface area contributed by atoms with Gasteiger partial charge in [0.25, 0.3) is 0 Å². The molecule has 1 amide bonds. The van der Waals surface area contributed by atoms with E-state index >= 15 is 0 Å². The smallest absolute Gasteiger partial charge is 0.225 e. The summed E-state index contributed by atoms with van der Waals surface area (Å²) >= 11 is 0. The Labute approximate surface area is 171 Å². The van der Waals surface area contributed by atoms with Crippen molar-refractivity contribution in [1.82, 2.24) is 9.80 Å². The molecule has 2 aliphatic rings. The molecule has 0 aliphatic carbocycles. The summed E-state index contributed by atoms with van der Waals surface area (Å²) in [5.74, 6) is 0.589. The number of ether oxygens (including phenoxy) is 2. The first kappa shape index (κ1) is 19.9. The van der Waals surface area contributed by atoms with E-state index in [9.17, 15) is 9.18 Å². The topological polar surface area (TPSA) is 42.0 Å². The normalized spacial score (nSPS) is 22.4. The maximum atomic E-state index is 12.9. The highest BCUT2D eigenvalue weighted by molar-refractivity contribution is 5.77. The molecule has 0 radical (unpaired) electrons. The van der Waals surface area contributed by atoms with Crippen LogP contribution in [0.25, 0.3) is 0 Å². The quantitative estimate of drug-likeness (QED) is 0.672. The van der Waals surface area contributed by atoms with Gasteiger partial charge in [-0.2, -0.15) is 0 Å². The van der Waals surface area contributed by atoms with Gasteiger partial charge >= 0.3 is 0 Å². The second kappa shape index (κ2) is 9.37. The minimum Gasteiger partial charge on any atom is -0.494 e. The molecule has 2 aromatic carbocycles. The monoisotopic (exact) mass is 398 g/mol. The van der Waals surface area contributed by atoms with Crippen LogP contribution >= 0.6 is 0 Å². The summed E-state index contributed by atoms with van der Waals surface area (Å²) < 4.78 is 24.6. The van der Waals surface area contributed by atoms with Gasteiger partial charge in [0.05, 0.1) is 31.8 Å². The van der Waals surface area contributed by atoms with Crippen molar-refractivity contribution < 1.29 is 18.7 Å². The highest BCUT2D eigenvalue weighted by Gasteiger charge is 2.40. The van der Waals surface area contributed by atoms with Crippen molar-refractivity contribution in [3.05, 3.63) is 66.0 Å². The van der Waals surface area contributed by atoms with E-state index in [0.717, 1.165) is 31.6 Å². The molecule has 0 aromatic heterocycles. The number of hydrogen-bond acceptors (Lipinski definition) is 4. The first-order valence-electron chi connectivity index (χ1n) is 10.2. The van der Waals surface area contributed by atoms with E-state index in [-0.39, 0.29) is 23.9 Å². The first-order valence-corrected chi connectivity index (χ1v) is 10.2. The Morgan fingerprint density at radius 1 is 1.07 bits per heavy atom. The molecule has 154 valence electrons. The molecule has 2 atom stereocenters. The van der Waals surface area contributed by atoms with Crippen molar-refractivity contribution in [1.29, 1.82) is 0 Å². The second-order valence-electron chi connectivity index (χ2n) is 7.65. The number of rotatable bonds is 7. The number of halogens is 1. The Morgan fingerprint density at radius 2 is 1.86 bits per heavy atom. The zero-order valence-corrected chi connectivity index (χ0v) is 16.5. The summed E-state index contributed by atoms with van der Waals surface area (Å²) in [6.45, 7) is 4.23. The van der Waals surface area contributed by atoms with Crippen molar-refractivity contribution in [2.75, 3.05) is 32.8 Å². The third-order valence-electron chi connectivity index (χ3n) is 5.58. The molecule has 0 bridgehead atoms. The molecular formula is C23H27FN2O3. The average Bonchev–Trinajstić information content (AvgIpc) is 3.08. The Balaban J connectivity index is 1.30. The molecule has 2 aliphatic heterocycles. The number of fused-ring (bicyclic) bond motifs is 1. The Bertz CT molecular complexity index is 800. The molecule has 2 saturated heterocycles. The minimum absolute atomic E-state index is 0.0585. The molecule has 0 N–H and O–H groups in total. The summed E-state index contributed by atoms with van der Waals surface area (Å²) in [7, 11) is 0. The average molecular weight is 398 g/mol. The molecule has 2 aromatic rings. The van der Waals surface area contributed by atoms with Crippen LogP contribution in [0.3, 0.4) is 0 Å². The maximum absolute atomic E-state index is 12.9. The Hall–Kier alpha value is -2.44. The van der Waals surface area contributed by atoms with Crippen LogP contribution in [0, 0.1) is 5.82 Å². The molecule has 5 nitrogen and oxygen atoms in total. The molecule has 0 saturated carbocycles. The molecule has 29 heavy (non-hydrogen) atoms. The third kappa shape index (κ3) is 5.14. The fourth-order valence-corrected chi connectivity index (χ4v) is 4.10. The molecule has 2 fully saturated rings. The van der Waals surface area contributed by atoms with E-state index in [1.165, 1.54) is 12.1 Å². The van der Waals surface area contributed by atoms with Gasteiger partial charge in [0.2, 0.25) is 5.91 Å². The van der Waals surface area contributed by atoms with E-state index in [1.54, 1.807) is 12.1 Å². The SMILES string of the molecule is O=C1CCO[C@H]2CN(CCCOc3ccc(F)cc3)C[C@@H]2N1Cc1ccccc1. The number of carbonyl (C=O) groups excluding carboxylic acids is 1. The Kier molecular flexibility index (Phi) is 6.42. The summed E-state index contributed by atoms with van der Waals surface area (Å²) in [4.78, 5) is 17.0. The van der Waals surface area contributed by atoms with Crippen LogP contribution in [0.4, 0.5) is 4.39 Å². The fourth-order valence-electron chi connectivity index (χ4n) is 4.10. The number of benzene rings is 2. The number of nitrogens with zero attached hydrogens (tertiary/aromatic N) is 2. The van der Waals surface area contributed by atoms with Gasteiger partial charge in [-0.1, -0.05) is 30.3 Å². The first-order chi connectivity index (χ1) is 14.2. The van der Waals surface area contributed by atoms with Gasteiger partial charge in [-0.25, -0.2) is 4.39 Å². The van der Waals surface area contributed by atoms with Gasteiger partial charge in [0.15, 0.2) is 0 Å². The molecule has 2 heterocycles. The fraction of sp³-hybridized carbons (Fsp3) is 0.435. The van der Waals surface area contributed by atoms with Crippen LogP contribution in [-0.4, -0.2) is 60.7 Å². The highest BCUT2D eigenvalue weighted by Crippen LogP contribution is 2.25. The summed E-state index contributed by atoms with van der Waals surface area (Å²) in [6, 6.07) is 16.3. The second-order valence-corrected chi connectivity index (χ2v) is 7.65. The lowest BCUT2D eigenvalue weighted by Crippen LogP contribution is -2.45. The lowest BCUT2D eigenvalue weighted by Gasteiger charge is -2.30. The molecule has 4 rings (SSSR count). The van der Waals surface area contributed by atoms with Gasteiger partial charge in [-0.3, -0.25) is 9.69 Å².